The highest BCUT2D eigenvalue weighted by Gasteiger charge is 2.43. The van der Waals surface area contributed by atoms with Crippen LogP contribution in [0.1, 0.15) is 38.1 Å². The number of ketones is 1. The van der Waals surface area contributed by atoms with Crippen LogP contribution in [0, 0.1) is 0 Å². The number of amides is 1. The van der Waals surface area contributed by atoms with E-state index < -0.39 is 10.8 Å². The van der Waals surface area contributed by atoms with E-state index in [1.54, 1.807) is 19.3 Å². The monoisotopic (exact) mass is 494 g/mol. The predicted molar refractivity (Wildman–Crippen MR) is 131 cm³/mol. The first-order valence-corrected chi connectivity index (χ1v) is 12.3. The van der Waals surface area contributed by atoms with Gasteiger partial charge in [0, 0.05) is 36.5 Å². The summed E-state index contributed by atoms with van der Waals surface area (Å²) in [6.07, 6.45) is 4.23. The summed E-state index contributed by atoms with van der Waals surface area (Å²) in [4.78, 5) is 29.8. The van der Waals surface area contributed by atoms with Gasteiger partial charge in [-0.1, -0.05) is 17.8 Å². The van der Waals surface area contributed by atoms with E-state index in [9.17, 15) is 14.7 Å². The Balaban J connectivity index is 1.82. The quantitative estimate of drug-likeness (QED) is 0.392. The highest BCUT2D eigenvalue weighted by atomic mass is 35.5. The third-order valence-electron chi connectivity index (χ3n) is 5.63. The molecule has 1 heterocycles. The lowest BCUT2D eigenvalue weighted by Crippen LogP contribution is -2.35. The minimum atomic E-state index is -0.784. The van der Waals surface area contributed by atoms with E-state index in [2.05, 4.69) is 18.7 Å². The minimum Gasteiger partial charge on any atom is -0.497 e. The average molecular weight is 495 g/mol. The number of carbonyl (C=O) groups is 2. The van der Waals surface area contributed by atoms with E-state index in [-0.39, 0.29) is 18.3 Å². The Hall–Kier alpha value is -2.00. The number of allylic oxidation sites excluding steroid dienone is 3. The van der Waals surface area contributed by atoms with Crippen LogP contribution in [0.3, 0.4) is 0 Å². The van der Waals surface area contributed by atoms with Crippen molar-refractivity contribution in [3.05, 3.63) is 46.5 Å². The van der Waals surface area contributed by atoms with Crippen molar-refractivity contribution in [3.63, 3.8) is 0 Å². The van der Waals surface area contributed by atoms with E-state index in [0.29, 0.717) is 36.4 Å². The number of rotatable bonds is 10. The van der Waals surface area contributed by atoms with Gasteiger partial charge < -0.3 is 14.6 Å². The summed E-state index contributed by atoms with van der Waals surface area (Å²) in [5.74, 6) is 0.756. The molecule has 33 heavy (non-hydrogen) atoms. The molecule has 1 aliphatic carbocycles. The first-order chi connectivity index (χ1) is 15.8. The molecule has 9 heteroatoms. The van der Waals surface area contributed by atoms with Gasteiger partial charge in [0.25, 0.3) is 0 Å². The second kappa shape index (κ2) is 11.4. The number of aliphatic hydroxyl groups excluding tert-OH is 1. The van der Waals surface area contributed by atoms with Gasteiger partial charge in [-0.25, -0.2) is 0 Å². The average Bonchev–Trinajstić information content (AvgIpc) is 3.18. The number of ether oxygens (including phenoxy) is 2. The summed E-state index contributed by atoms with van der Waals surface area (Å²) >= 11 is 7.57. The molecule has 1 N–H and O–H groups in total. The Morgan fingerprint density at radius 3 is 2.73 bits per heavy atom. The molecule has 1 aromatic rings. The fraction of sp³-hybridized carbons (Fsp3) is 0.500. The first-order valence-electron chi connectivity index (χ1n) is 11.0. The standard InChI is InChI=1S/C24H31ClN2O5S/c1-15(2)26(11-12-28)10-5-13-32-20-8-6-17(31-4)14-18(20)24-27(16(3)29)22-21(33-24)9-7-19(25)23(22)30/h6-9,14-15,19,24,28H,5,10-13H2,1-4H3. The van der Waals surface area contributed by atoms with Gasteiger partial charge in [-0.05, 0) is 44.5 Å². The Morgan fingerprint density at radius 1 is 1.33 bits per heavy atom. The predicted octanol–water partition coefficient (Wildman–Crippen LogP) is 3.72. The number of aliphatic hydroxyl groups is 1. The van der Waals surface area contributed by atoms with Crippen LogP contribution in [-0.4, -0.2) is 71.4 Å². The van der Waals surface area contributed by atoms with Crippen LogP contribution in [-0.2, 0) is 9.59 Å². The number of carbonyl (C=O) groups excluding carboxylic acids is 2. The lowest BCUT2D eigenvalue weighted by Gasteiger charge is -2.28. The van der Waals surface area contributed by atoms with Crippen molar-refractivity contribution < 1.29 is 24.2 Å². The molecule has 0 bridgehead atoms. The molecule has 2 aliphatic rings. The van der Waals surface area contributed by atoms with Gasteiger partial charge in [-0.2, -0.15) is 0 Å². The molecule has 0 aromatic heterocycles. The molecule has 0 saturated carbocycles. The molecule has 3 rings (SSSR count). The van der Waals surface area contributed by atoms with E-state index in [0.717, 1.165) is 23.4 Å². The molecular weight excluding hydrogens is 464 g/mol. The van der Waals surface area contributed by atoms with Gasteiger partial charge in [0.15, 0.2) is 0 Å². The maximum Gasteiger partial charge on any atom is 0.225 e. The van der Waals surface area contributed by atoms with Gasteiger partial charge >= 0.3 is 0 Å². The number of alkyl halides is 1. The van der Waals surface area contributed by atoms with Crippen molar-refractivity contribution in [2.75, 3.05) is 33.4 Å². The maximum absolute atomic E-state index is 12.8. The van der Waals surface area contributed by atoms with Crippen LogP contribution in [0.4, 0.5) is 0 Å². The smallest absolute Gasteiger partial charge is 0.225 e. The summed E-state index contributed by atoms with van der Waals surface area (Å²) in [5, 5.41) is 8.01. The summed E-state index contributed by atoms with van der Waals surface area (Å²) in [7, 11) is 1.58. The number of Topliss-reactive ketones (excluding diaryl/α,β-unsaturated/α-hetero) is 1. The Labute approximate surface area is 204 Å². The number of nitrogens with zero attached hydrogens (tertiary/aromatic N) is 2. The van der Waals surface area contributed by atoms with Crippen molar-refractivity contribution in [2.24, 2.45) is 0 Å². The molecule has 0 saturated heterocycles. The summed E-state index contributed by atoms with van der Waals surface area (Å²) < 4.78 is 11.6. The van der Waals surface area contributed by atoms with Gasteiger partial charge in [0.2, 0.25) is 11.7 Å². The zero-order valence-electron chi connectivity index (χ0n) is 19.4. The summed E-state index contributed by atoms with van der Waals surface area (Å²) in [6, 6.07) is 5.83. The Morgan fingerprint density at radius 2 is 2.09 bits per heavy atom. The van der Waals surface area contributed by atoms with Crippen LogP contribution in [0.25, 0.3) is 0 Å². The second-order valence-electron chi connectivity index (χ2n) is 8.16. The molecule has 2 atom stereocenters. The molecule has 1 amide bonds. The lowest BCUT2D eigenvalue weighted by atomic mass is 10.1. The van der Waals surface area contributed by atoms with Crippen LogP contribution >= 0.6 is 23.4 Å². The van der Waals surface area contributed by atoms with E-state index in [1.165, 1.54) is 23.6 Å². The Bertz CT molecular complexity index is 949. The number of methoxy groups -OCH3 is 1. The van der Waals surface area contributed by atoms with Gasteiger partial charge in [-0.15, -0.1) is 11.6 Å². The first kappa shape index (κ1) is 25.6. The number of halogens is 1. The van der Waals surface area contributed by atoms with Crippen molar-refractivity contribution >= 4 is 35.1 Å². The molecule has 7 nitrogen and oxygen atoms in total. The van der Waals surface area contributed by atoms with E-state index >= 15 is 0 Å². The van der Waals surface area contributed by atoms with Crippen molar-refractivity contribution in [3.8, 4) is 11.5 Å². The molecule has 2 unspecified atom stereocenters. The number of hydrogen-bond acceptors (Lipinski definition) is 7. The third-order valence-corrected chi connectivity index (χ3v) is 7.25. The Kier molecular flexibility index (Phi) is 8.87. The third kappa shape index (κ3) is 5.74. The fourth-order valence-corrected chi connectivity index (χ4v) is 5.48. The van der Waals surface area contributed by atoms with Crippen LogP contribution in [0.5, 0.6) is 11.5 Å². The molecule has 0 spiro atoms. The largest absolute Gasteiger partial charge is 0.497 e. The molecule has 180 valence electrons. The minimum absolute atomic E-state index is 0.120. The molecule has 0 radical (unpaired) electrons. The highest BCUT2D eigenvalue weighted by Crippen LogP contribution is 2.52. The normalized spacial score (nSPS) is 20.1. The van der Waals surface area contributed by atoms with Crippen LogP contribution in [0.2, 0.25) is 0 Å². The lowest BCUT2D eigenvalue weighted by molar-refractivity contribution is -0.130. The van der Waals surface area contributed by atoms with Crippen molar-refractivity contribution in [1.29, 1.82) is 0 Å². The van der Waals surface area contributed by atoms with Crippen LogP contribution in [0.15, 0.2) is 41.0 Å². The van der Waals surface area contributed by atoms with Gasteiger partial charge in [0.1, 0.15) is 27.9 Å². The highest BCUT2D eigenvalue weighted by molar-refractivity contribution is 8.03. The zero-order valence-corrected chi connectivity index (χ0v) is 21.0. The SMILES string of the molecule is COc1ccc(OCCCN(CCO)C(C)C)c(C2SC3=C(C(=O)C(Cl)C=C3)N2C(C)=O)c1. The molecule has 1 aliphatic heterocycles. The number of thioether (sulfide) groups is 1. The molecular formula is C24H31ClN2O5S. The van der Waals surface area contributed by atoms with Gasteiger partial charge in [0.05, 0.1) is 20.3 Å². The molecule has 0 fully saturated rings. The summed E-state index contributed by atoms with van der Waals surface area (Å²) in [5.41, 5.74) is 1.10. The topological polar surface area (TPSA) is 79.3 Å². The maximum atomic E-state index is 12.8. The van der Waals surface area contributed by atoms with Crippen molar-refractivity contribution in [1.82, 2.24) is 9.80 Å². The van der Waals surface area contributed by atoms with E-state index in [4.69, 9.17) is 21.1 Å². The van der Waals surface area contributed by atoms with Gasteiger partial charge in [-0.3, -0.25) is 19.4 Å². The fourth-order valence-electron chi connectivity index (χ4n) is 3.92. The number of hydrogen-bond donors (Lipinski definition) is 1. The van der Waals surface area contributed by atoms with E-state index in [1.807, 2.05) is 18.2 Å². The van der Waals surface area contributed by atoms with Crippen molar-refractivity contribution in [2.45, 2.75) is 44.0 Å². The summed E-state index contributed by atoms with van der Waals surface area (Å²) in [6.45, 7) is 7.66. The zero-order chi connectivity index (χ0) is 24.1. The van der Waals surface area contributed by atoms with Crippen LogP contribution < -0.4 is 9.47 Å². The molecule has 1 aromatic carbocycles. The number of benzene rings is 1. The second-order valence-corrected chi connectivity index (χ2v) is 9.75.